The van der Waals surface area contributed by atoms with Crippen LogP contribution in [-0.2, 0) is 0 Å². The fourth-order valence-corrected chi connectivity index (χ4v) is 3.44. The first-order chi connectivity index (χ1) is 9.32. The Bertz CT molecular complexity index is 677. The van der Waals surface area contributed by atoms with Gasteiger partial charge in [-0.2, -0.15) is 0 Å². The lowest BCUT2D eigenvalue weighted by atomic mass is 9.97. The zero-order valence-electron chi connectivity index (χ0n) is 11.5. The van der Waals surface area contributed by atoms with Crippen molar-refractivity contribution in [3.05, 3.63) is 40.0 Å². The van der Waals surface area contributed by atoms with Crippen molar-refractivity contribution in [2.45, 2.75) is 26.7 Å². The first-order valence-corrected chi connectivity index (χ1v) is 7.06. The van der Waals surface area contributed by atoms with Crippen LogP contribution in [0.4, 0.5) is 10.1 Å². The highest BCUT2D eigenvalue weighted by Gasteiger charge is 2.24. The molecule has 0 saturated carbocycles. The molecule has 106 valence electrons. The number of benzene rings is 1. The smallest absolute Gasteiger partial charge is 0.348 e. The number of hydrogen-bond acceptors (Lipinski definition) is 3. The van der Waals surface area contributed by atoms with Gasteiger partial charge in [-0.05, 0) is 30.5 Å². The molecule has 0 bridgehead atoms. The third kappa shape index (κ3) is 2.41. The Labute approximate surface area is 120 Å². The number of halogens is 1. The highest BCUT2D eigenvalue weighted by atomic mass is 32.1. The third-order valence-electron chi connectivity index (χ3n) is 3.12. The molecule has 1 heterocycles. The molecule has 0 atom stereocenters. The predicted octanol–water partition coefficient (Wildman–Crippen LogP) is 4.27. The number of aromatic carboxylic acids is 1. The Morgan fingerprint density at radius 1 is 1.40 bits per heavy atom. The first kappa shape index (κ1) is 14.5. The highest BCUT2D eigenvalue weighted by Crippen LogP contribution is 2.43. The number of carbonyl (C=O) groups is 1. The molecule has 1 aromatic heterocycles. The molecule has 2 rings (SSSR count). The average molecular weight is 293 g/mol. The van der Waals surface area contributed by atoms with Crippen LogP contribution in [0.5, 0.6) is 0 Å². The van der Waals surface area contributed by atoms with Gasteiger partial charge in [-0.25, -0.2) is 9.18 Å². The van der Waals surface area contributed by atoms with Crippen molar-refractivity contribution in [2.24, 2.45) is 0 Å². The van der Waals surface area contributed by atoms with Gasteiger partial charge in [0.05, 0.1) is 5.69 Å². The molecule has 3 N–H and O–H groups in total. The minimum atomic E-state index is -1.08. The number of anilines is 1. The van der Waals surface area contributed by atoms with E-state index in [-0.39, 0.29) is 22.3 Å². The quantitative estimate of drug-likeness (QED) is 0.888. The van der Waals surface area contributed by atoms with Crippen LogP contribution in [0.1, 0.15) is 40.6 Å². The maximum atomic E-state index is 14.1. The van der Waals surface area contributed by atoms with E-state index in [4.69, 9.17) is 5.73 Å². The standard InChI is InChI=1S/C15H16FNO2S/c1-7(2)11-12(17)14(15(18)19)20-13(11)9-6-8(3)4-5-10(9)16/h4-7H,17H2,1-3H3,(H,18,19). The molecule has 0 radical (unpaired) electrons. The Hall–Kier alpha value is -1.88. The molecule has 3 nitrogen and oxygen atoms in total. The van der Waals surface area contributed by atoms with Crippen molar-refractivity contribution in [3.63, 3.8) is 0 Å². The largest absolute Gasteiger partial charge is 0.477 e. The minimum Gasteiger partial charge on any atom is -0.477 e. The summed E-state index contributed by atoms with van der Waals surface area (Å²) in [6, 6.07) is 4.80. The molecule has 1 aromatic carbocycles. The molecule has 2 aromatic rings. The van der Waals surface area contributed by atoms with Crippen molar-refractivity contribution < 1.29 is 14.3 Å². The second-order valence-electron chi connectivity index (χ2n) is 5.03. The summed E-state index contributed by atoms with van der Waals surface area (Å²) in [5.74, 6) is -1.42. The molecule has 0 spiro atoms. The zero-order chi connectivity index (χ0) is 15.0. The van der Waals surface area contributed by atoms with Crippen LogP contribution >= 0.6 is 11.3 Å². The predicted molar refractivity (Wildman–Crippen MR) is 79.9 cm³/mol. The van der Waals surface area contributed by atoms with Gasteiger partial charge in [-0.3, -0.25) is 0 Å². The van der Waals surface area contributed by atoms with Gasteiger partial charge in [0, 0.05) is 10.4 Å². The number of aryl methyl sites for hydroxylation is 1. The van der Waals surface area contributed by atoms with Gasteiger partial charge in [0.25, 0.3) is 0 Å². The van der Waals surface area contributed by atoms with Crippen molar-refractivity contribution in [3.8, 4) is 10.4 Å². The van der Waals surface area contributed by atoms with Gasteiger partial charge in [-0.1, -0.05) is 25.5 Å². The molecule has 0 aliphatic carbocycles. The number of nitrogens with two attached hydrogens (primary N) is 1. The second-order valence-corrected chi connectivity index (χ2v) is 6.05. The summed E-state index contributed by atoms with van der Waals surface area (Å²) < 4.78 is 14.1. The van der Waals surface area contributed by atoms with E-state index in [0.29, 0.717) is 16.0 Å². The van der Waals surface area contributed by atoms with Crippen molar-refractivity contribution in [1.29, 1.82) is 0 Å². The van der Waals surface area contributed by atoms with E-state index in [9.17, 15) is 14.3 Å². The maximum absolute atomic E-state index is 14.1. The van der Waals surface area contributed by atoms with Gasteiger partial charge in [-0.15, -0.1) is 11.3 Å². The average Bonchev–Trinajstić information content (AvgIpc) is 2.70. The van der Waals surface area contributed by atoms with Gasteiger partial charge in [0.15, 0.2) is 0 Å². The van der Waals surface area contributed by atoms with E-state index in [0.717, 1.165) is 16.9 Å². The fourth-order valence-electron chi connectivity index (χ4n) is 2.20. The zero-order valence-corrected chi connectivity index (χ0v) is 12.3. The van der Waals surface area contributed by atoms with E-state index in [1.54, 1.807) is 12.1 Å². The van der Waals surface area contributed by atoms with Gasteiger partial charge < -0.3 is 10.8 Å². The van der Waals surface area contributed by atoms with Crippen molar-refractivity contribution in [1.82, 2.24) is 0 Å². The topological polar surface area (TPSA) is 63.3 Å². The Morgan fingerprint density at radius 2 is 2.05 bits per heavy atom. The summed E-state index contributed by atoms with van der Waals surface area (Å²) in [6.45, 7) is 5.70. The van der Waals surface area contributed by atoms with Crippen LogP contribution in [-0.4, -0.2) is 11.1 Å². The second kappa shape index (κ2) is 5.25. The van der Waals surface area contributed by atoms with Crippen LogP contribution in [0.25, 0.3) is 10.4 Å². The van der Waals surface area contributed by atoms with Crippen LogP contribution in [0, 0.1) is 12.7 Å². The number of hydrogen-bond donors (Lipinski definition) is 2. The number of nitrogen functional groups attached to an aromatic ring is 1. The number of rotatable bonds is 3. The third-order valence-corrected chi connectivity index (χ3v) is 4.36. The molecular formula is C15H16FNO2S. The fraction of sp³-hybridized carbons (Fsp3) is 0.267. The first-order valence-electron chi connectivity index (χ1n) is 6.25. The monoisotopic (exact) mass is 293 g/mol. The summed E-state index contributed by atoms with van der Waals surface area (Å²) in [4.78, 5) is 11.9. The summed E-state index contributed by atoms with van der Waals surface area (Å²) in [6.07, 6.45) is 0. The maximum Gasteiger partial charge on any atom is 0.348 e. The Balaban J connectivity index is 2.76. The van der Waals surface area contributed by atoms with Gasteiger partial charge in [0.1, 0.15) is 10.7 Å². The molecule has 0 aliphatic rings. The number of carboxylic acid groups (broad SMARTS) is 1. The Morgan fingerprint density at radius 3 is 2.60 bits per heavy atom. The minimum absolute atomic E-state index is 0.0225. The lowest BCUT2D eigenvalue weighted by Crippen LogP contribution is -2.01. The lowest BCUT2D eigenvalue weighted by Gasteiger charge is -2.10. The molecular weight excluding hydrogens is 277 g/mol. The van der Waals surface area contributed by atoms with Crippen LogP contribution < -0.4 is 5.73 Å². The van der Waals surface area contributed by atoms with Gasteiger partial charge in [0.2, 0.25) is 0 Å². The van der Waals surface area contributed by atoms with E-state index in [2.05, 4.69) is 0 Å². The highest BCUT2D eigenvalue weighted by molar-refractivity contribution is 7.18. The van der Waals surface area contributed by atoms with Crippen molar-refractivity contribution in [2.75, 3.05) is 5.73 Å². The lowest BCUT2D eigenvalue weighted by molar-refractivity contribution is 0.0703. The van der Waals surface area contributed by atoms with E-state index in [1.807, 2.05) is 20.8 Å². The van der Waals surface area contributed by atoms with Crippen LogP contribution in [0.3, 0.4) is 0 Å². The van der Waals surface area contributed by atoms with Crippen LogP contribution in [0.2, 0.25) is 0 Å². The molecule has 20 heavy (non-hydrogen) atoms. The summed E-state index contributed by atoms with van der Waals surface area (Å²) in [5, 5.41) is 9.19. The van der Waals surface area contributed by atoms with Crippen LogP contribution in [0.15, 0.2) is 18.2 Å². The Kier molecular flexibility index (Phi) is 3.81. The number of carboxylic acids is 1. The van der Waals surface area contributed by atoms with E-state index < -0.39 is 5.97 Å². The van der Waals surface area contributed by atoms with Gasteiger partial charge >= 0.3 is 5.97 Å². The summed E-state index contributed by atoms with van der Waals surface area (Å²) in [7, 11) is 0. The van der Waals surface area contributed by atoms with E-state index in [1.165, 1.54) is 6.07 Å². The molecule has 5 heteroatoms. The molecule has 0 fully saturated rings. The number of thiophene rings is 1. The molecule has 0 unspecified atom stereocenters. The molecule has 0 saturated heterocycles. The molecule has 0 amide bonds. The SMILES string of the molecule is Cc1ccc(F)c(-c2sc(C(=O)O)c(N)c2C(C)C)c1. The van der Waals surface area contributed by atoms with E-state index >= 15 is 0 Å². The normalized spacial score (nSPS) is 11.1. The molecule has 0 aliphatic heterocycles. The summed E-state index contributed by atoms with van der Waals surface area (Å²) >= 11 is 1.03. The van der Waals surface area contributed by atoms with Crippen molar-refractivity contribution >= 4 is 23.0 Å². The summed E-state index contributed by atoms with van der Waals surface area (Å²) in [5.41, 5.74) is 8.22.